The van der Waals surface area contributed by atoms with Gasteiger partial charge in [-0.1, -0.05) is 0 Å². The number of halogens is 1. The summed E-state index contributed by atoms with van der Waals surface area (Å²) in [4.78, 5) is 29.8. The van der Waals surface area contributed by atoms with Gasteiger partial charge in [-0.3, -0.25) is 9.59 Å². The number of likely N-dealkylation sites (tertiary alicyclic amines) is 1. The Morgan fingerprint density at radius 2 is 2.05 bits per heavy atom. The SMILES string of the molecule is CC(NC(=O)c1ccc(Br)cn1)C(=O)N1CCCC1. The molecule has 5 nitrogen and oxygen atoms in total. The lowest BCUT2D eigenvalue weighted by Crippen LogP contribution is -2.46. The van der Waals surface area contributed by atoms with E-state index in [1.54, 1.807) is 30.2 Å². The second kappa shape index (κ2) is 6.14. The van der Waals surface area contributed by atoms with Crippen LogP contribution in [0.25, 0.3) is 0 Å². The van der Waals surface area contributed by atoms with Crippen LogP contribution in [0.3, 0.4) is 0 Å². The predicted octanol–water partition coefficient (Wildman–Crippen LogP) is 1.58. The van der Waals surface area contributed by atoms with Crippen LogP contribution in [0.1, 0.15) is 30.3 Å². The van der Waals surface area contributed by atoms with Crippen molar-refractivity contribution in [3.63, 3.8) is 0 Å². The third-order valence-corrected chi connectivity index (χ3v) is 3.56. The highest BCUT2D eigenvalue weighted by molar-refractivity contribution is 9.10. The van der Waals surface area contributed by atoms with Crippen molar-refractivity contribution in [2.45, 2.75) is 25.8 Å². The molecule has 2 rings (SSSR count). The molecule has 19 heavy (non-hydrogen) atoms. The maximum atomic E-state index is 12.0. The Kier molecular flexibility index (Phi) is 4.52. The van der Waals surface area contributed by atoms with Gasteiger partial charge in [0, 0.05) is 23.8 Å². The van der Waals surface area contributed by atoms with Gasteiger partial charge in [-0.15, -0.1) is 0 Å². The first-order valence-corrected chi connectivity index (χ1v) is 7.08. The third kappa shape index (κ3) is 3.53. The molecule has 102 valence electrons. The fourth-order valence-corrected chi connectivity index (χ4v) is 2.29. The van der Waals surface area contributed by atoms with E-state index in [-0.39, 0.29) is 11.8 Å². The highest BCUT2D eigenvalue weighted by Crippen LogP contribution is 2.10. The number of pyridine rings is 1. The first kappa shape index (κ1) is 14.0. The summed E-state index contributed by atoms with van der Waals surface area (Å²) in [6.45, 7) is 3.28. The molecule has 0 aliphatic carbocycles. The molecular formula is C13H16BrN3O2. The van der Waals surface area contributed by atoms with Gasteiger partial charge < -0.3 is 10.2 Å². The minimum absolute atomic E-state index is 0.0250. The molecule has 0 bridgehead atoms. The minimum Gasteiger partial charge on any atom is -0.341 e. The van der Waals surface area contributed by atoms with Crippen molar-refractivity contribution >= 4 is 27.7 Å². The number of nitrogens with one attached hydrogen (secondary N) is 1. The van der Waals surface area contributed by atoms with Crippen molar-refractivity contribution in [3.8, 4) is 0 Å². The fourth-order valence-electron chi connectivity index (χ4n) is 2.05. The number of nitrogens with zero attached hydrogens (tertiary/aromatic N) is 2. The van der Waals surface area contributed by atoms with Crippen LogP contribution in [-0.4, -0.2) is 40.8 Å². The second-order valence-electron chi connectivity index (χ2n) is 4.59. The molecule has 2 amide bonds. The van der Waals surface area contributed by atoms with Crippen LogP contribution in [0.15, 0.2) is 22.8 Å². The number of aromatic nitrogens is 1. The highest BCUT2D eigenvalue weighted by atomic mass is 79.9. The van der Waals surface area contributed by atoms with E-state index in [0.717, 1.165) is 30.4 Å². The molecule has 1 aromatic heterocycles. The van der Waals surface area contributed by atoms with Crippen LogP contribution < -0.4 is 5.32 Å². The van der Waals surface area contributed by atoms with Crippen LogP contribution in [-0.2, 0) is 4.79 Å². The summed E-state index contributed by atoms with van der Waals surface area (Å²) in [6.07, 6.45) is 3.64. The zero-order valence-corrected chi connectivity index (χ0v) is 12.3. The largest absolute Gasteiger partial charge is 0.341 e. The van der Waals surface area contributed by atoms with Crippen LogP contribution in [0.4, 0.5) is 0 Å². The van der Waals surface area contributed by atoms with E-state index in [9.17, 15) is 9.59 Å². The molecule has 1 N–H and O–H groups in total. The van der Waals surface area contributed by atoms with E-state index in [1.807, 2.05) is 0 Å². The zero-order valence-electron chi connectivity index (χ0n) is 10.7. The number of hydrogen-bond donors (Lipinski definition) is 1. The molecular weight excluding hydrogens is 310 g/mol. The summed E-state index contributed by atoms with van der Waals surface area (Å²) in [5.41, 5.74) is 0.310. The van der Waals surface area contributed by atoms with Crippen molar-refractivity contribution in [1.82, 2.24) is 15.2 Å². The average molecular weight is 326 g/mol. The van der Waals surface area contributed by atoms with Gasteiger partial charge in [-0.2, -0.15) is 0 Å². The average Bonchev–Trinajstić information content (AvgIpc) is 2.92. The number of hydrogen-bond acceptors (Lipinski definition) is 3. The summed E-state index contributed by atoms with van der Waals surface area (Å²) >= 11 is 3.26. The van der Waals surface area contributed by atoms with Gasteiger partial charge in [-0.25, -0.2) is 4.98 Å². The zero-order chi connectivity index (χ0) is 13.8. The summed E-state index contributed by atoms with van der Waals surface area (Å²) < 4.78 is 0.810. The molecule has 1 unspecified atom stereocenters. The Morgan fingerprint density at radius 1 is 1.37 bits per heavy atom. The monoisotopic (exact) mass is 325 g/mol. The molecule has 0 radical (unpaired) electrons. The van der Waals surface area contributed by atoms with Crippen LogP contribution in [0.2, 0.25) is 0 Å². The number of rotatable bonds is 3. The van der Waals surface area contributed by atoms with E-state index in [1.165, 1.54) is 0 Å². The topological polar surface area (TPSA) is 62.3 Å². The molecule has 2 heterocycles. The second-order valence-corrected chi connectivity index (χ2v) is 5.50. The number of carbonyl (C=O) groups excluding carboxylic acids is 2. The Labute approximate surface area is 120 Å². The van der Waals surface area contributed by atoms with E-state index in [0.29, 0.717) is 5.69 Å². The van der Waals surface area contributed by atoms with E-state index < -0.39 is 6.04 Å². The third-order valence-electron chi connectivity index (χ3n) is 3.10. The van der Waals surface area contributed by atoms with E-state index >= 15 is 0 Å². The normalized spacial score (nSPS) is 16.2. The van der Waals surface area contributed by atoms with Crippen molar-refractivity contribution in [2.75, 3.05) is 13.1 Å². The van der Waals surface area contributed by atoms with Crippen molar-refractivity contribution in [1.29, 1.82) is 0 Å². The summed E-state index contributed by atoms with van der Waals surface area (Å²) in [5.74, 6) is -0.351. The van der Waals surface area contributed by atoms with Gasteiger partial charge in [0.05, 0.1) is 0 Å². The fraction of sp³-hybridized carbons (Fsp3) is 0.462. The van der Waals surface area contributed by atoms with Crippen LogP contribution in [0, 0.1) is 0 Å². The van der Waals surface area contributed by atoms with Gasteiger partial charge in [0.25, 0.3) is 5.91 Å². The molecule has 1 aliphatic rings. The highest BCUT2D eigenvalue weighted by Gasteiger charge is 2.24. The maximum Gasteiger partial charge on any atom is 0.270 e. The van der Waals surface area contributed by atoms with Gasteiger partial charge in [0.2, 0.25) is 5.91 Å². The maximum absolute atomic E-state index is 12.0. The van der Waals surface area contributed by atoms with E-state index in [2.05, 4.69) is 26.2 Å². The molecule has 0 spiro atoms. The van der Waals surface area contributed by atoms with Gasteiger partial charge in [0.15, 0.2) is 0 Å². The first-order chi connectivity index (χ1) is 9.08. The van der Waals surface area contributed by atoms with Gasteiger partial charge in [-0.05, 0) is 47.8 Å². The standard InChI is InChI=1S/C13H16BrN3O2/c1-9(13(19)17-6-2-3-7-17)16-12(18)11-5-4-10(14)8-15-11/h4-5,8-9H,2-3,6-7H2,1H3,(H,16,18). The number of amides is 2. The molecule has 1 atom stereocenters. The minimum atomic E-state index is -0.518. The van der Waals surface area contributed by atoms with Crippen molar-refractivity contribution < 1.29 is 9.59 Å². The number of carbonyl (C=O) groups is 2. The van der Waals surface area contributed by atoms with Crippen molar-refractivity contribution in [3.05, 3.63) is 28.5 Å². The molecule has 0 saturated carbocycles. The van der Waals surface area contributed by atoms with Crippen LogP contribution >= 0.6 is 15.9 Å². The predicted molar refractivity (Wildman–Crippen MR) is 74.7 cm³/mol. The molecule has 1 fully saturated rings. The molecule has 1 aliphatic heterocycles. The Morgan fingerprint density at radius 3 is 2.63 bits per heavy atom. The van der Waals surface area contributed by atoms with Gasteiger partial charge in [0.1, 0.15) is 11.7 Å². The Bertz CT molecular complexity index is 469. The van der Waals surface area contributed by atoms with Crippen LogP contribution in [0.5, 0.6) is 0 Å². The van der Waals surface area contributed by atoms with Gasteiger partial charge >= 0.3 is 0 Å². The first-order valence-electron chi connectivity index (χ1n) is 6.29. The quantitative estimate of drug-likeness (QED) is 0.917. The molecule has 0 aromatic carbocycles. The Hall–Kier alpha value is -1.43. The molecule has 1 saturated heterocycles. The molecule has 1 aromatic rings. The van der Waals surface area contributed by atoms with Crippen molar-refractivity contribution in [2.24, 2.45) is 0 Å². The lowest BCUT2D eigenvalue weighted by molar-refractivity contribution is -0.131. The lowest BCUT2D eigenvalue weighted by atomic mass is 10.2. The lowest BCUT2D eigenvalue weighted by Gasteiger charge is -2.20. The summed E-state index contributed by atoms with van der Waals surface area (Å²) in [7, 11) is 0. The van der Waals surface area contributed by atoms with E-state index in [4.69, 9.17) is 0 Å². The molecule has 6 heteroatoms. The summed E-state index contributed by atoms with van der Waals surface area (Å²) in [6, 6.07) is 2.84. The smallest absolute Gasteiger partial charge is 0.270 e. The summed E-state index contributed by atoms with van der Waals surface area (Å²) in [5, 5.41) is 2.68. The Balaban J connectivity index is 1.94.